The van der Waals surface area contributed by atoms with Gasteiger partial charge in [-0.2, -0.15) is 0 Å². The molecule has 1 rings (SSSR count). The van der Waals surface area contributed by atoms with Gasteiger partial charge in [-0.05, 0) is 24.0 Å². The molecule has 100 valence electrons. The van der Waals surface area contributed by atoms with E-state index >= 15 is 0 Å². The van der Waals surface area contributed by atoms with Gasteiger partial charge in [0.2, 0.25) is 0 Å². The van der Waals surface area contributed by atoms with Gasteiger partial charge in [0, 0.05) is 38.4 Å². The second-order valence-electron chi connectivity index (χ2n) is 5.27. The third-order valence-electron chi connectivity index (χ3n) is 2.66. The summed E-state index contributed by atoms with van der Waals surface area (Å²) in [5.41, 5.74) is 7.84. The molecule has 0 fully saturated rings. The Morgan fingerprint density at radius 3 is 2.72 bits per heavy atom. The second-order valence-corrected chi connectivity index (χ2v) is 5.27. The minimum atomic E-state index is 0.256. The summed E-state index contributed by atoms with van der Waals surface area (Å²) in [6.07, 6.45) is 4.41. The summed E-state index contributed by atoms with van der Waals surface area (Å²) in [5, 5.41) is 7.32. The average molecular weight is 248 g/mol. The van der Waals surface area contributed by atoms with E-state index in [-0.39, 0.29) is 5.84 Å². The number of nitrogens with zero attached hydrogens (tertiary/aromatic N) is 2. The molecular formula is C14H24N4. The largest absolute Gasteiger partial charge is 0.388 e. The zero-order valence-electron chi connectivity index (χ0n) is 11.6. The quantitative estimate of drug-likeness (QED) is 0.574. The van der Waals surface area contributed by atoms with Crippen molar-refractivity contribution in [1.82, 2.24) is 9.88 Å². The number of pyridine rings is 1. The van der Waals surface area contributed by atoms with Crippen LogP contribution in [0.1, 0.15) is 31.4 Å². The number of hydrogen-bond acceptors (Lipinski definition) is 3. The van der Waals surface area contributed by atoms with Crippen molar-refractivity contribution in [3.63, 3.8) is 0 Å². The van der Waals surface area contributed by atoms with Crippen molar-refractivity contribution in [3.05, 3.63) is 29.6 Å². The van der Waals surface area contributed by atoms with Crippen LogP contribution >= 0.6 is 0 Å². The Labute approximate surface area is 110 Å². The monoisotopic (exact) mass is 248 g/mol. The van der Waals surface area contributed by atoms with Gasteiger partial charge in [-0.3, -0.25) is 15.3 Å². The molecule has 0 aromatic carbocycles. The lowest BCUT2D eigenvalue weighted by atomic mass is 10.1. The molecule has 0 aliphatic rings. The third-order valence-corrected chi connectivity index (χ3v) is 2.66. The Bertz CT molecular complexity index is 387. The maximum absolute atomic E-state index is 7.32. The van der Waals surface area contributed by atoms with Gasteiger partial charge in [-0.1, -0.05) is 19.9 Å². The van der Waals surface area contributed by atoms with Crippen LogP contribution in [0.5, 0.6) is 0 Å². The Hall–Kier alpha value is -1.42. The van der Waals surface area contributed by atoms with Crippen LogP contribution in [0.4, 0.5) is 0 Å². The molecule has 18 heavy (non-hydrogen) atoms. The first-order chi connectivity index (χ1) is 8.47. The molecule has 0 radical (unpaired) electrons. The van der Waals surface area contributed by atoms with Gasteiger partial charge in [0.25, 0.3) is 0 Å². The number of aromatic nitrogens is 1. The zero-order valence-corrected chi connectivity index (χ0v) is 11.6. The molecule has 0 atom stereocenters. The molecule has 0 amide bonds. The van der Waals surface area contributed by atoms with Crippen LogP contribution in [0.25, 0.3) is 0 Å². The molecular weight excluding hydrogens is 224 g/mol. The van der Waals surface area contributed by atoms with Crippen molar-refractivity contribution < 1.29 is 0 Å². The van der Waals surface area contributed by atoms with Gasteiger partial charge < -0.3 is 5.73 Å². The fraction of sp³-hybridized carbons (Fsp3) is 0.571. The van der Waals surface area contributed by atoms with Crippen LogP contribution in [0.15, 0.2) is 18.5 Å². The highest BCUT2D eigenvalue weighted by molar-refractivity contribution is 5.76. The summed E-state index contributed by atoms with van der Waals surface area (Å²) in [5.74, 6) is 0.862. The smallest absolute Gasteiger partial charge is 0.0918 e. The first-order valence-electron chi connectivity index (χ1n) is 6.43. The van der Waals surface area contributed by atoms with Crippen molar-refractivity contribution in [2.24, 2.45) is 11.7 Å². The van der Waals surface area contributed by atoms with Crippen LogP contribution < -0.4 is 5.73 Å². The van der Waals surface area contributed by atoms with E-state index in [2.05, 4.69) is 36.7 Å². The summed E-state index contributed by atoms with van der Waals surface area (Å²) in [6.45, 7) is 9.19. The van der Waals surface area contributed by atoms with E-state index in [1.807, 2.05) is 12.4 Å². The molecule has 3 N–H and O–H groups in total. The van der Waals surface area contributed by atoms with Crippen molar-refractivity contribution in [2.75, 3.05) is 13.1 Å². The standard InChI is InChI=1S/C14H24N4/c1-11(2)9-18(5-4-14(15)16)10-13-6-12(3)7-17-8-13/h6-8,11H,4-5,9-10H2,1-3H3,(H3,15,16). The van der Waals surface area contributed by atoms with E-state index in [9.17, 15) is 0 Å². The summed E-state index contributed by atoms with van der Waals surface area (Å²) >= 11 is 0. The number of hydrogen-bond donors (Lipinski definition) is 2. The highest BCUT2D eigenvalue weighted by atomic mass is 15.1. The molecule has 0 aliphatic heterocycles. The van der Waals surface area contributed by atoms with Gasteiger partial charge >= 0.3 is 0 Å². The van der Waals surface area contributed by atoms with Crippen molar-refractivity contribution in [2.45, 2.75) is 33.7 Å². The Balaban J connectivity index is 2.62. The molecule has 0 aliphatic carbocycles. The molecule has 1 aromatic heterocycles. The highest BCUT2D eigenvalue weighted by Gasteiger charge is 2.09. The predicted octanol–water partition coefficient (Wildman–Crippen LogP) is 2.17. The van der Waals surface area contributed by atoms with E-state index in [0.717, 1.165) is 19.6 Å². The second kappa shape index (κ2) is 7.11. The first kappa shape index (κ1) is 14.6. The molecule has 0 unspecified atom stereocenters. The van der Waals surface area contributed by atoms with Crippen molar-refractivity contribution in [3.8, 4) is 0 Å². The minimum absolute atomic E-state index is 0.256. The van der Waals surface area contributed by atoms with Gasteiger partial charge in [0.15, 0.2) is 0 Å². The number of nitrogens with one attached hydrogen (secondary N) is 1. The molecule has 4 nitrogen and oxygen atoms in total. The molecule has 4 heteroatoms. The number of amidine groups is 1. The normalized spacial score (nSPS) is 11.2. The summed E-state index contributed by atoms with van der Waals surface area (Å²) in [4.78, 5) is 6.55. The van der Waals surface area contributed by atoms with Crippen LogP contribution in [0.2, 0.25) is 0 Å². The summed E-state index contributed by atoms with van der Waals surface area (Å²) in [6, 6.07) is 2.16. The summed E-state index contributed by atoms with van der Waals surface area (Å²) in [7, 11) is 0. The van der Waals surface area contributed by atoms with Gasteiger partial charge in [-0.25, -0.2) is 0 Å². The Morgan fingerprint density at radius 1 is 1.44 bits per heavy atom. The predicted molar refractivity (Wildman–Crippen MR) is 75.6 cm³/mol. The Morgan fingerprint density at radius 2 is 2.17 bits per heavy atom. The van der Waals surface area contributed by atoms with E-state index in [4.69, 9.17) is 11.1 Å². The lowest BCUT2D eigenvalue weighted by Gasteiger charge is -2.24. The molecule has 0 saturated carbocycles. The lowest BCUT2D eigenvalue weighted by molar-refractivity contribution is 0.242. The minimum Gasteiger partial charge on any atom is -0.388 e. The number of rotatable bonds is 7. The molecule has 1 heterocycles. The van der Waals surface area contributed by atoms with Crippen LogP contribution in [-0.4, -0.2) is 28.8 Å². The van der Waals surface area contributed by atoms with Crippen molar-refractivity contribution in [1.29, 1.82) is 5.41 Å². The van der Waals surface area contributed by atoms with Gasteiger partial charge in [0.1, 0.15) is 0 Å². The van der Waals surface area contributed by atoms with Crippen LogP contribution in [0, 0.1) is 18.3 Å². The van der Waals surface area contributed by atoms with Gasteiger partial charge in [-0.15, -0.1) is 0 Å². The van der Waals surface area contributed by atoms with E-state index in [1.165, 1.54) is 11.1 Å². The zero-order chi connectivity index (χ0) is 13.5. The summed E-state index contributed by atoms with van der Waals surface area (Å²) < 4.78 is 0. The van der Waals surface area contributed by atoms with Crippen molar-refractivity contribution >= 4 is 5.84 Å². The topological polar surface area (TPSA) is 66.0 Å². The van der Waals surface area contributed by atoms with Gasteiger partial charge in [0.05, 0.1) is 5.84 Å². The third kappa shape index (κ3) is 5.77. The highest BCUT2D eigenvalue weighted by Crippen LogP contribution is 2.08. The molecule has 0 bridgehead atoms. The first-order valence-corrected chi connectivity index (χ1v) is 6.43. The van der Waals surface area contributed by atoms with Crippen LogP contribution in [0.3, 0.4) is 0 Å². The average Bonchev–Trinajstić information content (AvgIpc) is 2.25. The lowest BCUT2D eigenvalue weighted by Crippen LogP contribution is -2.31. The van der Waals surface area contributed by atoms with E-state index < -0.39 is 0 Å². The van der Waals surface area contributed by atoms with Crippen LogP contribution in [-0.2, 0) is 6.54 Å². The maximum atomic E-state index is 7.32. The SMILES string of the molecule is Cc1cncc(CN(CCC(=N)N)CC(C)C)c1. The fourth-order valence-corrected chi connectivity index (χ4v) is 1.99. The molecule has 0 saturated heterocycles. The van der Waals surface area contributed by atoms with E-state index in [0.29, 0.717) is 12.3 Å². The molecule has 0 spiro atoms. The number of aryl methyl sites for hydroxylation is 1. The Kier molecular flexibility index (Phi) is 5.78. The van der Waals surface area contributed by atoms with E-state index in [1.54, 1.807) is 0 Å². The molecule has 1 aromatic rings. The fourth-order valence-electron chi connectivity index (χ4n) is 1.99. The maximum Gasteiger partial charge on any atom is 0.0918 e. The number of nitrogens with two attached hydrogens (primary N) is 1.